The number of thioether (sulfide) groups is 1. The van der Waals surface area contributed by atoms with Crippen LogP contribution in [0, 0.1) is 0 Å². The fourth-order valence-corrected chi connectivity index (χ4v) is 2.74. The van der Waals surface area contributed by atoms with Crippen molar-refractivity contribution < 1.29 is 39.0 Å². The molecule has 0 bridgehead atoms. The van der Waals surface area contributed by atoms with Gasteiger partial charge in [0, 0.05) is 12.8 Å². The van der Waals surface area contributed by atoms with Gasteiger partial charge in [-0.1, -0.05) is 0 Å². The number of rotatable bonds is 16. The van der Waals surface area contributed by atoms with Crippen LogP contribution < -0.4 is 27.4 Å². The summed E-state index contributed by atoms with van der Waals surface area (Å²) in [6, 6.07) is -3.49. The first kappa shape index (κ1) is 28.1. The SMILES string of the molecule is CSCCC(NC(=O)C(N)CCC(=O)O)C(=O)NCC(=O)NC(CCC(N)=O)C(=O)O. The number of carbonyl (C=O) groups excluding carboxylic acids is 4. The topological polar surface area (TPSA) is 231 Å². The van der Waals surface area contributed by atoms with E-state index in [2.05, 4.69) is 16.0 Å². The van der Waals surface area contributed by atoms with Gasteiger partial charge in [-0.25, -0.2) is 4.79 Å². The number of amides is 4. The molecule has 0 saturated heterocycles. The molecular formula is C17H29N5O8S. The van der Waals surface area contributed by atoms with Crippen LogP contribution >= 0.6 is 11.8 Å². The van der Waals surface area contributed by atoms with Crippen LogP contribution in [-0.2, 0) is 28.8 Å². The smallest absolute Gasteiger partial charge is 0.326 e. The molecule has 0 rings (SSSR count). The predicted molar refractivity (Wildman–Crippen MR) is 111 cm³/mol. The van der Waals surface area contributed by atoms with E-state index in [1.807, 2.05) is 0 Å². The van der Waals surface area contributed by atoms with Crippen molar-refractivity contribution in [1.29, 1.82) is 0 Å². The van der Waals surface area contributed by atoms with Gasteiger partial charge < -0.3 is 37.6 Å². The second kappa shape index (κ2) is 15.0. The lowest BCUT2D eigenvalue weighted by Crippen LogP contribution is -2.53. The molecule has 13 nitrogen and oxygen atoms in total. The number of primary amides is 1. The van der Waals surface area contributed by atoms with Gasteiger partial charge in [0.05, 0.1) is 12.6 Å². The predicted octanol–water partition coefficient (Wildman–Crippen LogP) is -2.63. The van der Waals surface area contributed by atoms with Crippen LogP contribution in [0.1, 0.15) is 32.1 Å². The van der Waals surface area contributed by atoms with Crippen molar-refractivity contribution in [2.75, 3.05) is 18.6 Å². The molecule has 176 valence electrons. The molecule has 4 amide bonds. The molecule has 0 spiro atoms. The van der Waals surface area contributed by atoms with E-state index in [1.165, 1.54) is 11.8 Å². The Bertz CT molecular complexity index is 675. The third kappa shape index (κ3) is 13.1. The number of carbonyl (C=O) groups is 6. The van der Waals surface area contributed by atoms with E-state index < -0.39 is 60.2 Å². The molecular weight excluding hydrogens is 434 g/mol. The minimum Gasteiger partial charge on any atom is -0.481 e. The highest BCUT2D eigenvalue weighted by Gasteiger charge is 2.25. The van der Waals surface area contributed by atoms with Crippen LogP contribution in [0.4, 0.5) is 0 Å². The van der Waals surface area contributed by atoms with Crippen LogP contribution in [0.25, 0.3) is 0 Å². The highest BCUT2D eigenvalue weighted by molar-refractivity contribution is 7.98. The van der Waals surface area contributed by atoms with Crippen LogP contribution in [0.3, 0.4) is 0 Å². The summed E-state index contributed by atoms with van der Waals surface area (Å²) in [5, 5.41) is 24.6. The zero-order valence-corrected chi connectivity index (χ0v) is 17.9. The van der Waals surface area contributed by atoms with E-state index >= 15 is 0 Å². The second-order valence-electron chi connectivity index (χ2n) is 6.56. The number of hydrogen-bond acceptors (Lipinski definition) is 8. The molecule has 31 heavy (non-hydrogen) atoms. The average Bonchev–Trinajstić information content (AvgIpc) is 2.69. The molecule has 0 fully saturated rings. The Kier molecular flexibility index (Phi) is 13.6. The van der Waals surface area contributed by atoms with Crippen LogP contribution in [0.15, 0.2) is 0 Å². The lowest BCUT2D eigenvalue weighted by atomic mass is 10.1. The maximum absolute atomic E-state index is 12.4. The summed E-state index contributed by atoms with van der Waals surface area (Å²) in [6.45, 7) is -0.560. The minimum atomic E-state index is -1.36. The van der Waals surface area contributed by atoms with Crippen LogP contribution in [0.2, 0.25) is 0 Å². The van der Waals surface area contributed by atoms with Crippen molar-refractivity contribution in [2.45, 2.75) is 50.2 Å². The average molecular weight is 464 g/mol. The maximum atomic E-state index is 12.4. The van der Waals surface area contributed by atoms with Gasteiger partial charge in [-0.05, 0) is 31.3 Å². The zero-order valence-electron chi connectivity index (χ0n) is 17.1. The Morgan fingerprint density at radius 3 is 2.06 bits per heavy atom. The molecule has 0 aromatic heterocycles. The van der Waals surface area contributed by atoms with Gasteiger partial charge in [-0.3, -0.25) is 24.0 Å². The van der Waals surface area contributed by atoms with Crippen molar-refractivity contribution in [3.05, 3.63) is 0 Å². The Hall–Kier alpha value is -2.87. The van der Waals surface area contributed by atoms with Gasteiger partial charge in [0.2, 0.25) is 23.6 Å². The molecule has 9 N–H and O–H groups in total. The summed E-state index contributed by atoms with van der Waals surface area (Å²) in [5.74, 6) is -4.89. The third-order valence-corrected chi connectivity index (χ3v) is 4.63. The number of aliphatic carboxylic acids is 2. The molecule has 0 aliphatic rings. The largest absolute Gasteiger partial charge is 0.481 e. The molecule has 3 atom stereocenters. The first-order valence-electron chi connectivity index (χ1n) is 9.32. The Balaban J connectivity index is 4.79. The quantitative estimate of drug-likeness (QED) is 0.126. The van der Waals surface area contributed by atoms with E-state index in [9.17, 15) is 28.8 Å². The van der Waals surface area contributed by atoms with E-state index in [1.54, 1.807) is 6.26 Å². The Labute approximate surface area is 183 Å². The standard InChI is InChI=1S/C17H29N5O8S/c1-31-7-6-10(22-15(27)9(18)2-5-14(25)26)16(28)20-8-13(24)21-11(17(29)30)3-4-12(19)23/h9-11H,2-8,18H2,1H3,(H2,19,23)(H,20,28)(H,21,24)(H,22,27)(H,25,26)(H,29,30). The summed E-state index contributed by atoms with van der Waals surface area (Å²) in [5.41, 5.74) is 10.6. The highest BCUT2D eigenvalue weighted by Crippen LogP contribution is 2.03. The first-order valence-corrected chi connectivity index (χ1v) is 10.7. The minimum absolute atomic E-state index is 0.109. The van der Waals surface area contributed by atoms with Crippen molar-refractivity contribution in [3.8, 4) is 0 Å². The van der Waals surface area contributed by atoms with Crippen molar-refractivity contribution in [2.24, 2.45) is 11.5 Å². The van der Waals surface area contributed by atoms with Crippen LogP contribution in [0.5, 0.6) is 0 Å². The summed E-state index contributed by atoms with van der Waals surface area (Å²) in [4.78, 5) is 69.0. The van der Waals surface area contributed by atoms with Crippen molar-refractivity contribution in [3.63, 3.8) is 0 Å². The molecule has 0 aromatic carbocycles. The number of nitrogens with two attached hydrogens (primary N) is 2. The number of hydrogen-bond donors (Lipinski definition) is 7. The lowest BCUT2D eigenvalue weighted by molar-refractivity contribution is -0.142. The Morgan fingerprint density at radius 1 is 0.903 bits per heavy atom. The van der Waals surface area contributed by atoms with E-state index in [-0.39, 0.29) is 32.1 Å². The molecule has 3 unspecified atom stereocenters. The first-order chi connectivity index (χ1) is 14.5. The molecule has 0 aromatic rings. The summed E-state index contributed by atoms with van der Waals surface area (Å²) >= 11 is 1.42. The summed E-state index contributed by atoms with van der Waals surface area (Å²) in [7, 11) is 0. The molecule has 0 aliphatic heterocycles. The normalized spacial score (nSPS) is 13.4. The fourth-order valence-electron chi connectivity index (χ4n) is 2.27. The van der Waals surface area contributed by atoms with Crippen molar-refractivity contribution in [1.82, 2.24) is 16.0 Å². The van der Waals surface area contributed by atoms with Gasteiger partial charge in [-0.2, -0.15) is 11.8 Å². The molecule has 0 saturated carbocycles. The van der Waals surface area contributed by atoms with Gasteiger partial charge in [0.25, 0.3) is 0 Å². The molecule has 0 radical (unpaired) electrons. The zero-order chi connectivity index (χ0) is 24.0. The van der Waals surface area contributed by atoms with Gasteiger partial charge in [0.1, 0.15) is 12.1 Å². The lowest BCUT2D eigenvalue weighted by Gasteiger charge is -2.20. The highest BCUT2D eigenvalue weighted by atomic mass is 32.2. The van der Waals surface area contributed by atoms with E-state index in [0.29, 0.717) is 5.75 Å². The Morgan fingerprint density at radius 2 is 1.55 bits per heavy atom. The fraction of sp³-hybridized carbons (Fsp3) is 0.647. The molecule has 0 aliphatic carbocycles. The number of carboxylic acids is 2. The van der Waals surface area contributed by atoms with Crippen LogP contribution in [-0.4, -0.2) is 82.5 Å². The molecule has 14 heteroatoms. The maximum Gasteiger partial charge on any atom is 0.326 e. The summed E-state index contributed by atoms with van der Waals surface area (Å²) in [6.07, 6.45) is 1.15. The third-order valence-electron chi connectivity index (χ3n) is 3.99. The van der Waals surface area contributed by atoms with Gasteiger partial charge in [-0.15, -0.1) is 0 Å². The monoisotopic (exact) mass is 463 g/mol. The number of carboxylic acid groups (broad SMARTS) is 2. The van der Waals surface area contributed by atoms with E-state index in [4.69, 9.17) is 21.7 Å². The molecule has 0 heterocycles. The van der Waals surface area contributed by atoms with Gasteiger partial charge >= 0.3 is 11.9 Å². The summed E-state index contributed by atoms with van der Waals surface area (Å²) < 4.78 is 0. The number of nitrogens with one attached hydrogen (secondary N) is 3. The van der Waals surface area contributed by atoms with Gasteiger partial charge in [0.15, 0.2) is 0 Å². The second-order valence-corrected chi connectivity index (χ2v) is 7.55. The van der Waals surface area contributed by atoms with E-state index in [0.717, 1.165) is 0 Å². The van der Waals surface area contributed by atoms with Crippen molar-refractivity contribution >= 4 is 47.3 Å².